The van der Waals surface area contributed by atoms with E-state index >= 15 is 0 Å². The third-order valence-electron chi connectivity index (χ3n) is 3.03. The molecule has 3 rings (SSSR count). The SMILES string of the molecule is CC(=O)Oc1nc(-c2ccc(F)cc2)oc1-c1ccc(Cl)cc1. The van der Waals surface area contributed by atoms with E-state index in [4.69, 9.17) is 20.8 Å². The Morgan fingerprint density at radius 1 is 1.09 bits per heavy atom. The van der Waals surface area contributed by atoms with Gasteiger partial charge in [-0.05, 0) is 48.5 Å². The summed E-state index contributed by atoms with van der Waals surface area (Å²) in [5.74, 6) is -0.292. The van der Waals surface area contributed by atoms with Crippen molar-refractivity contribution in [3.8, 4) is 28.7 Å². The van der Waals surface area contributed by atoms with Crippen LogP contribution in [0.3, 0.4) is 0 Å². The van der Waals surface area contributed by atoms with Gasteiger partial charge in [-0.2, -0.15) is 4.98 Å². The smallest absolute Gasteiger partial charge is 0.309 e. The van der Waals surface area contributed by atoms with Gasteiger partial charge in [-0.1, -0.05) is 11.6 Å². The van der Waals surface area contributed by atoms with Crippen LogP contribution in [0.5, 0.6) is 5.88 Å². The fourth-order valence-corrected chi connectivity index (χ4v) is 2.14. The molecule has 0 amide bonds. The molecule has 1 aromatic heterocycles. The van der Waals surface area contributed by atoms with Crippen LogP contribution in [0.25, 0.3) is 22.8 Å². The van der Waals surface area contributed by atoms with Crippen LogP contribution in [0, 0.1) is 5.82 Å². The van der Waals surface area contributed by atoms with Crippen LogP contribution in [-0.2, 0) is 4.79 Å². The molecule has 3 aromatic rings. The van der Waals surface area contributed by atoms with E-state index < -0.39 is 5.97 Å². The first-order chi connectivity index (χ1) is 11.0. The molecule has 0 bridgehead atoms. The lowest BCUT2D eigenvalue weighted by Crippen LogP contribution is -2.02. The molecule has 2 aromatic carbocycles. The number of ether oxygens (including phenoxy) is 1. The lowest BCUT2D eigenvalue weighted by molar-refractivity contribution is -0.132. The maximum atomic E-state index is 13.0. The molecule has 0 radical (unpaired) electrons. The van der Waals surface area contributed by atoms with Crippen molar-refractivity contribution < 1.29 is 18.3 Å². The van der Waals surface area contributed by atoms with Crippen LogP contribution >= 0.6 is 11.6 Å². The zero-order valence-electron chi connectivity index (χ0n) is 12.0. The summed E-state index contributed by atoms with van der Waals surface area (Å²) < 4.78 is 23.8. The monoisotopic (exact) mass is 331 g/mol. The van der Waals surface area contributed by atoms with Gasteiger partial charge >= 0.3 is 5.97 Å². The number of hydrogen-bond acceptors (Lipinski definition) is 4. The average molecular weight is 332 g/mol. The Labute approximate surface area is 136 Å². The molecule has 0 saturated heterocycles. The number of rotatable bonds is 3. The van der Waals surface area contributed by atoms with Crippen molar-refractivity contribution in [3.05, 3.63) is 59.4 Å². The number of esters is 1. The molecule has 0 aliphatic heterocycles. The number of halogens is 2. The van der Waals surface area contributed by atoms with Crippen molar-refractivity contribution in [2.45, 2.75) is 6.92 Å². The fraction of sp³-hybridized carbons (Fsp3) is 0.0588. The first-order valence-electron chi connectivity index (χ1n) is 6.74. The lowest BCUT2D eigenvalue weighted by atomic mass is 10.2. The van der Waals surface area contributed by atoms with E-state index in [0.717, 1.165) is 0 Å². The Morgan fingerprint density at radius 3 is 2.30 bits per heavy atom. The van der Waals surface area contributed by atoms with Gasteiger partial charge in [0.15, 0.2) is 5.76 Å². The predicted octanol–water partition coefficient (Wildman–Crippen LogP) is 4.73. The highest BCUT2D eigenvalue weighted by atomic mass is 35.5. The number of benzene rings is 2. The molecule has 0 atom stereocenters. The van der Waals surface area contributed by atoms with Gasteiger partial charge in [0.05, 0.1) is 0 Å². The third-order valence-corrected chi connectivity index (χ3v) is 3.29. The minimum atomic E-state index is -0.515. The summed E-state index contributed by atoms with van der Waals surface area (Å²) in [6, 6.07) is 12.5. The van der Waals surface area contributed by atoms with Gasteiger partial charge in [0, 0.05) is 23.1 Å². The standard InChI is InChI=1S/C17H11ClFNO3/c1-10(21)22-17-15(11-2-6-13(18)7-3-11)23-16(20-17)12-4-8-14(19)9-5-12/h2-9H,1H3. The van der Waals surface area contributed by atoms with Crippen molar-refractivity contribution in [2.24, 2.45) is 0 Å². The number of aromatic nitrogens is 1. The van der Waals surface area contributed by atoms with Gasteiger partial charge < -0.3 is 9.15 Å². The van der Waals surface area contributed by atoms with E-state index in [2.05, 4.69) is 4.98 Å². The largest absolute Gasteiger partial charge is 0.432 e. The van der Waals surface area contributed by atoms with Crippen molar-refractivity contribution in [2.75, 3.05) is 0 Å². The van der Waals surface area contributed by atoms with Crippen LogP contribution in [0.4, 0.5) is 4.39 Å². The highest BCUT2D eigenvalue weighted by molar-refractivity contribution is 6.30. The van der Waals surface area contributed by atoms with Gasteiger partial charge in [0.2, 0.25) is 5.89 Å². The van der Waals surface area contributed by atoms with Gasteiger partial charge in [-0.3, -0.25) is 4.79 Å². The molecule has 0 unspecified atom stereocenters. The zero-order chi connectivity index (χ0) is 16.4. The number of carbonyl (C=O) groups excluding carboxylic acids is 1. The molecule has 0 fully saturated rings. The van der Waals surface area contributed by atoms with E-state index in [-0.39, 0.29) is 17.6 Å². The Morgan fingerprint density at radius 2 is 1.70 bits per heavy atom. The summed E-state index contributed by atoms with van der Waals surface area (Å²) in [7, 11) is 0. The van der Waals surface area contributed by atoms with Crippen molar-refractivity contribution >= 4 is 17.6 Å². The van der Waals surface area contributed by atoms with Crippen LogP contribution in [-0.4, -0.2) is 11.0 Å². The summed E-state index contributed by atoms with van der Waals surface area (Å²) in [6.45, 7) is 1.28. The highest BCUT2D eigenvalue weighted by Gasteiger charge is 2.19. The second kappa shape index (κ2) is 6.22. The van der Waals surface area contributed by atoms with E-state index in [1.165, 1.54) is 31.2 Å². The zero-order valence-corrected chi connectivity index (χ0v) is 12.8. The van der Waals surface area contributed by atoms with E-state index in [9.17, 15) is 9.18 Å². The minimum absolute atomic E-state index is 0.0548. The average Bonchev–Trinajstić information content (AvgIpc) is 2.92. The lowest BCUT2D eigenvalue weighted by Gasteiger charge is -2.00. The van der Waals surface area contributed by atoms with E-state index in [0.29, 0.717) is 21.9 Å². The molecule has 6 heteroatoms. The topological polar surface area (TPSA) is 52.3 Å². The Kier molecular flexibility index (Phi) is 4.12. The second-order valence-corrected chi connectivity index (χ2v) is 5.20. The summed E-state index contributed by atoms with van der Waals surface area (Å²) in [6.07, 6.45) is 0. The summed E-state index contributed by atoms with van der Waals surface area (Å²) in [4.78, 5) is 15.5. The van der Waals surface area contributed by atoms with Crippen LogP contribution in [0.1, 0.15) is 6.92 Å². The van der Waals surface area contributed by atoms with Crippen LogP contribution in [0.2, 0.25) is 5.02 Å². The Hall–Kier alpha value is -2.66. The van der Waals surface area contributed by atoms with Gasteiger partial charge in [0.25, 0.3) is 5.88 Å². The van der Waals surface area contributed by atoms with Gasteiger partial charge in [-0.15, -0.1) is 0 Å². The summed E-state index contributed by atoms with van der Waals surface area (Å²) in [5.41, 5.74) is 1.23. The predicted molar refractivity (Wildman–Crippen MR) is 83.7 cm³/mol. The molecular formula is C17H11ClFNO3. The maximum Gasteiger partial charge on any atom is 0.309 e. The Bertz CT molecular complexity index is 841. The van der Waals surface area contributed by atoms with E-state index in [1.54, 1.807) is 24.3 Å². The first-order valence-corrected chi connectivity index (χ1v) is 7.12. The van der Waals surface area contributed by atoms with Crippen LogP contribution in [0.15, 0.2) is 52.9 Å². The molecule has 0 spiro atoms. The molecular weight excluding hydrogens is 321 g/mol. The highest BCUT2D eigenvalue weighted by Crippen LogP contribution is 2.35. The minimum Gasteiger partial charge on any atom is -0.432 e. The number of oxazole rings is 1. The number of carbonyl (C=O) groups is 1. The fourth-order valence-electron chi connectivity index (χ4n) is 2.01. The number of nitrogens with zero attached hydrogens (tertiary/aromatic N) is 1. The Balaban J connectivity index is 2.08. The van der Waals surface area contributed by atoms with Gasteiger partial charge in [-0.25, -0.2) is 4.39 Å². The molecule has 4 nitrogen and oxygen atoms in total. The third kappa shape index (κ3) is 3.40. The second-order valence-electron chi connectivity index (χ2n) is 4.76. The van der Waals surface area contributed by atoms with E-state index in [1.807, 2.05) is 0 Å². The molecule has 0 saturated carbocycles. The quantitative estimate of drug-likeness (QED) is 0.651. The van der Waals surface area contributed by atoms with Crippen molar-refractivity contribution in [3.63, 3.8) is 0 Å². The molecule has 0 aliphatic carbocycles. The molecule has 0 N–H and O–H groups in total. The number of hydrogen-bond donors (Lipinski definition) is 0. The van der Waals surface area contributed by atoms with Gasteiger partial charge in [0.1, 0.15) is 5.82 Å². The summed E-state index contributed by atoms with van der Waals surface area (Å²) in [5, 5.41) is 0.570. The first kappa shape index (κ1) is 15.2. The van der Waals surface area contributed by atoms with Crippen molar-refractivity contribution in [1.29, 1.82) is 0 Å². The van der Waals surface area contributed by atoms with Crippen molar-refractivity contribution in [1.82, 2.24) is 4.98 Å². The molecule has 23 heavy (non-hydrogen) atoms. The molecule has 1 heterocycles. The van der Waals surface area contributed by atoms with Crippen LogP contribution < -0.4 is 4.74 Å². The summed E-state index contributed by atoms with van der Waals surface area (Å²) >= 11 is 5.87. The molecule has 116 valence electrons. The normalized spacial score (nSPS) is 10.6. The molecule has 0 aliphatic rings. The maximum absolute atomic E-state index is 13.0.